The van der Waals surface area contributed by atoms with Crippen LogP contribution in [0.3, 0.4) is 0 Å². The highest BCUT2D eigenvalue weighted by Crippen LogP contribution is 2.05. The molecule has 82 heavy (non-hydrogen) atoms. The van der Waals surface area contributed by atoms with Gasteiger partial charge in [-0.25, -0.2) is 0 Å². The van der Waals surface area contributed by atoms with Crippen LogP contribution in [-0.4, -0.2) is 199 Å². The minimum Gasteiger partial charge on any atom is -0.480 e. The van der Waals surface area contributed by atoms with Crippen LogP contribution in [0, 0.1) is 28.6 Å². The summed E-state index contributed by atoms with van der Waals surface area (Å²) in [6.45, 7) is 16.0. The van der Waals surface area contributed by atoms with Crippen LogP contribution in [0.25, 0.3) is 0 Å². The molecule has 0 unspecified atom stereocenters. The lowest BCUT2D eigenvalue weighted by Gasteiger charge is -2.07. The van der Waals surface area contributed by atoms with E-state index >= 15 is 0 Å². The van der Waals surface area contributed by atoms with Crippen molar-refractivity contribution in [2.24, 2.45) is 75.1 Å². The van der Waals surface area contributed by atoms with Gasteiger partial charge >= 0.3 is 53.7 Å². The molecule has 2 saturated heterocycles. The van der Waals surface area contributed by atoms with Crippen LogP contribution in [0.4, 0.5) is 0 Å². The number of carboxylic acids is 9. The summed E-state index contributed by atoms with van der Waals surface area (Å²) in [7, 11) is 0. The van der Waals surface area contributed by atoms with Gasteiger partial charge in [-0.1, -0.05) is 48.0 Å². The first-order valence-corrected chi connectivity index (χ1v) is 26.3. The lowest BCUT2D eigenvalue weighted by molar-refractivity contribution is -0.140. The smallest absolute Gasteiger partial charge is 0.320 e. The Morgan fingerprint density at radius 3 is 0.878 bits per heavy atom. The Balaban J connectivity index is -0.000000155. The third-order valence-electron chi connectivity index (χ3n) is 10.1. The van der Waals surface area contributed by atoms with Crippen LogP contribution in [0.15, 0.2) is 0 Å². The zero-order valence-corrected chi connectivity index (χ0v) is 48.6. The summed E-state index contributed by atoms with van der Waals surface area (Å²) in [5.41, 5.74) is 51.3. The van der Waals surface area contributed by atoms with Crippen molar-refractivity contribution in [1.29, 1.82) is 10.8 Å². The Morgan fingerprint density at radius 2 is 0.744 bits per heavy atom. The molecule has 0 saturated carbocycles. The summed E-state index contributed by atoms with van der Waals surface area (Å²) in [5, 5.41) is 98.9. The van der Waals surface area contributed by atoms with Gasteiger partial charge in [-0.05, 0) is 121 Å². The highest BCUT2D eigenvalue weighted by atomic mass is 16.4. The first kappa shape index (κ1) is 89.2. The van der Waals surface area contributed by atoms with Crippen LogP contribution >= 0.6 is 0 Å². The highest BCUT2D eigenvalue weighted by molar-refractivity contribution is 5.77. The summed E-state index contributed by atoms with van der Waals surface area (Å²) in [4.78, 5) is 90.7. The van der Waals surface area contributed by atoms with E-state index in [2.05, 4.69) is 21.3 Å². The maximum atomic E-state index is 10.2. The van der Waals surface area contributed by atoms with Crippen molar-refractivity contribution in [3.8, 4) is 0 Å². The predicted octanol–water partition coefficient (Wildman–Crippen LogP) is -3.14. The number of hydrogen-bond donors (Lipinski definition) is 25. The van der Waals surface area contributed by atoms with E-state index in [1.807, 2.05) is 27.7 Å². The fourth-order valence-corrected chi connectivity index (χ4v) is 5.26. The molecule has 0 aliphatic carbocycles. The highest BCUT2D eigenvalue weighted by Gasteiger charge is 2.21. The fraction of sp³-hybridized carbons (Fsp3) is 0.771. The van der Waals surface area contributed by atoms with Crippen molar-refractivity contribution in [3.05, 3.63) is 0 Å². The summed E-state index contributed by atoms with van der Waals surface area (Å²) >= 11 is 0. The molecule has 2 heterocycles. The molecule has 34 heteroatoms. The van der Waals surface area contributed by atoms with Crippen LogP contribution in [0.2, 0.25) is 0 Å². The number of carbonyl (C=O) groups is 9. The molecule has 0 bridgehead atoms. The maximum Gasteiger partial charge on any atom is 0.320 e. The van der Waals surface area contributed by atoms with Gasteiger partial charge in [0.2, 0.25) is 0 Å². The lowest BCUT2D eigenvalue weighted by atomic mass is 10.1. The molecule has 2 aliphatic heterocycles. The monoisotopic (exact) mass is 1190 g/mol. The molecule has 34 nitrogen and oxygen atoms in total. The van der Waals surface area contributed by atoms with E-state index in [0.717, 1.165) is 51.6 Å². The quantitative estimate of drug-likeness (QED) is 0.0231. The number of unbranched alkanes of at least 4 members (excludes halogenated alkanes) is 1. The van der Waals surface area contributed by atoms with Crippen molar-refractivity contribution >= 4 is 65.6 Å². The SMILES string of the molecule is CC(C)C[C@H](N)C(=O)O.CC(C)C[C@H](N)C(=O)O.CC(C)[C@H](N)C(=O)O.C[C@H](N)C(=O)O.N=C(N)NCCC[C@H](N)C(=O)O.N=C(N)NCCC[C@H](N)C(=O)O.NCCCC[C@H](N)C(=O)O.O=C(O)[C@@H]1CCCN1.O=C(O)[C@@H]1CCCN1. The average molecular weight is 1190 g/mol. The standard InChI is InChI=1S/2C6H14N4O2.C6H14N2O2.2C6H13NO2.2C5H9NO2.C5H11NO2.C3H7NO2/c2*7-4(5(11)12)2-1-3-10-6(8)9;7-4-2-1-3-5(8)6(9)10;2*1-4(2)3-5(7)6(8)9;2*7-5(8)4-2-1-3-6-4;1-3(2)4(6)5(7)8;1-2(4)3(5)6/h2*4H,1-3,7H2,(H,11,12)(H4,8,9,10);5H,1-4,7-8H2,(H,9,10);2*4-5H,3,7H2,1-2H3,(H,8,9);2*4,6H,1-3H2,(H,7,8);3-4H,6H2,1-2H3,(H,7,8);2H,4H2,1H3,(H,5,6)/t2*4-;3*5-;3*4-;2-/m000000000/s1. The van der Waals surface area contributed by atoms with E-state index in [1.54, 1.807) is 13.8 Å². The van der Waals surface area contributed by atoms with E-state index in [9.17, 15) is 43.2 Å². The Labute approximate surface area is 479 Å². The number of rotatable bonds is 26. The van der Waals surface area contributed by atoms with Gasteiger partial charge in [0.1, 0.15) is 54.4 Å². The molecule has 0 spiro atoms. The predicted molar refractivity (Wildman–Crippen MR) is 307 cm³/mol. The van der Waals surface area contributed by atoms with Gasteiger partial charge in [-0.15, -0.1) is 0 Å². The first-order valence-electron chi connectivity index (χ1n) is 26.3. The van der Waals surface area contributed by atoms with Gasteiger partial charge < -0.3 is 125 Å². The summed E-state index contributed by atoms with van der Waals surface area (Å²) < 4.78 is 0. The molecule has 0 amide bonds. The molecule has 0 aromatic rings. The van der Waals surface area contributed by atoms with Crippen LogP contribution in [-0.2, 0) is 43.2 Å². The fourth-order valence-electron chi connectivity index (χ4n) is 5.26. The molecule has 484 valence electrons. The van der Waals surface area contributed by atoms with E-state index in [1.165, 1.54) is 6.92 Å². The number of nitrogens with two attached hydrogens (primary N) is 10. The zero-order chi connectivity index (χ0) is 65.8. The summed E-state index contributed by atoms with van der Waals surface area (Å²) in [5.74, 6) is -7.59. The minimum absolute atomic E-state index is 0.0208. The van der Waals surface area contributed by atoms with Crippen molar-refractivity contribution in [1.82, 2.24) is 21.3 Å². The molecular weight excluding hydrogens is 1090 g/mol. The third kappa shape index (κ3) is 69.5. The Bertz CT molecular complexity index is 1670. The van der Waals surface area contributed by atoms with E-state index in [4.69, 9.17) is 114 Å². The lowest BCUT2D eigenvalue weighted by Crippen LogP contribution is -2.34. The largest absolute Gasteiger partial charge is 0.480 e. The number of hydrogen-bond acceptors (Lipinski definition) is 21. The summed E-state index contributed by atoms with van der Waals surface area (Å²) in [6, 6.07) is -5.72. The average Bonchev–Trinajstić information content (AvgIpc) is 4.12. The van der Waals surface area contributed by atoms with E-state index in [-0.39, 0.29) is 29.9 Å². The summed E-state index contributed by atoms with van der Waals surface area (Å²) in [6.07, 6.45) is 8.78. The Kier molecular flexibility index (Phi) is 61.2. The topological polar surface area (TPSA) is 692 Å². The van der Waals surface area contributed by atoms with Gasteiger partial charge in [-0.2, -0.15) is 0 Å². The molecule has 2 fully saturated rings. The second-order valence-electron chi connectivity index (χ2n) is 19.4. The van der Waals surface area contributed by atoms with Crippen molar-refractivity contribution in [2.75, 3.05) is 32.7 Å². The molecule has 0 radical (unpaired) electrons. The molecular formula is C48H104N16O18. The number of nitrogens with one attached hydrogen (secondary N) is 6. The van der Waals surface area contributed by atoms with Crippen LogP contribution in [0.1, 0.15) is 132 Å². The molecule has 2 rings (SSSR count). The van der Waals surface area contributed by atoms with Gasteiger partial charge in [0.25, 0.3) is 0 Å². The molecule has 0 aromatic heterocycles. The first-order chi connectivity index (χ1) is 37.6. The number of aliphatic carboxylic acids is 9. The van der Waals surface area contributed by atoms with Gasteiger partial charge in [0, 0.05) is 13.1 Å². The number of guanidine groups is 2. The Morgan fingerprint density at radius 1 is 0.463 bits per heavy atom. The second-order valence-corrected chi connectivity index (χ2v) is 19.4. The molecule has 2 aliphatic rings. The van der Waals surface area contributed by atoms with Crippen molar-refractivity contribution in [3.63, 3.8) is 0 Å². The second kappa shape index (κ2) is 56.2. The molecule has 9 atom stereocenters. The van der Waals surface area contributed by atoms with Crippen molar-refractivity contribution in [2.45, 2.75) is 186 Å². The third-order valence-corrected chi connectivity index (χ3v) is 10.1. The Hall–Kier alpha value is -6.63. The van der Waals surface area contributed by atoms with Gasteiger partial charge in [-0.3, -0.25) is 54.0 Å². The zero-order valence-electron chi connectivity index (χ0n) is 48.6. The maximum absolute atomic E-state index is 10.2. The number of carboxylic acid groups (broad SMARTS) is 9. The molecule has 35 N–H and O–H groups in total. The van der Waals surface area contributed by atoms with E-state index < -0.39 is 96.0 Å². The van der Waals surface area contributed by atoms with Gasteiger partial charge in [0.05, 0.1) is 0 Å². The van der Waals surface area contributed by atoms with Crippen LogP contribution < -0.4 is 78.6 Å². The van der Waals surface area contributed by atoms with Crippen LogP contribution in [0.5, 0.6) is 0 Å². The van der Waals surface area contributed by atoms with Crippen molar-refractivity contribution < 1.29 is 89.1 Å². The van der Waals surface area contributed by atoms with E-state index in [0.29, 0.717) is 76.4 Å². The molecule has 0 aromatic carbocycles. The minimum atomic E-state index is -1.00. The van der Waals surface area contributed by atoms with Gasteiger partial charge in [0.15, 0.2) is 11.9 Å². The normalized spacial score (nSPS) is 16.0.